The minimum absolute atomic E-state index is 0.0555. The highest BCUT2D eigenvalue weighted by Gasteiger charge is 2.16. The fourth-order valence-corrected chi connectivity index (χ4v) is 2.11. The summed E-state index contributed by atoms with van der Waals surface area (Å²) in [7, 11) is 0. The Balaban J connectivity index is 1.83. The van der Waals surface area contributed by atoms with E-state index in [1.807, 2.05) is 0 Å². The molecule has 0 saturated heterocycles. The van der Waals surface area contributed by atoms with Crippen LogP contribution in [0.1, 0.15) is 39.5 Å². The van der Waals surface area contributed by atoms with Crippen LogP contribution in [-0.2, 0) is 9.53 Å². The van der Waals surface area contributed by atoms with Gasteiger partial charge in [0.1, 0.15) is 18.0 Å². The van der Waals surface area contributed by atoms with Crippen molar-refractivity contribution in [2.45, 2.75) is 46.1 Å². The smallest absolute Gasteiger partial charge is 0.306 e. The molecule has 0 aliphatic heterocycles. The first-order valence-electron chi connectivity index (χ1n) is 8.30. The molecule has 140 valence electrons. The summed E-state index contributed by atoms with van der Waals surface area (Å²) in [6.07, 6.45) is 0.818. The lowest BCUT2D eigenvalue weighted by Gasteiger charge is -2.19. The van der Waals surface area contributed by atoms with Crippen molar-refractivity contribution in [2.75, 3.05) is 6.61 Å². The molecule has 0 amide bonds. The molecule has 0 aliphatic rings. The Bertz CT molecular complexity index is 761. The van der Waals surface area contributed by atoms with Gasteiger partial charge >= 0.3 is 5.97 Å². The second kappa shape index (κ2) is 8.60. The van der Waals surface area contributed by atoms with E-state index in [4.69, 9.17) is 14.0 Å². The highest BCUT2D eigenvalue weighted by atomic mass is 19.1. The molecular formula is C19H23FN2O4. The quantitative estimate of drug-likeness (QED) is 0.680. The first-order chi connectivity index (χ1) is 12.3. The van der Waals surface area contributed by atoms with Crippen LogP contribution in [0.3, 0.4) is 0 Å². The summed E-state index contributed by atoms with van der Waals surface area (Å²) in [5, 5.41) is 3.84. The van der Waals surface area contributed by atoms with Crippen LogP contribution in [-0.4, -0.2) is 28.3 Å². The lowest BCUT2D eigenvalue weighted by Crippen LogP contribution is -2.23. The number of hydrogen-bond donors (Lipinski definition) is 0. The molecule has 7 heteroatoms. The molecule has 6 nitrogen and oxygen atoms in total. The van der Waals surface area contributed by atoms with Gasteiger partial charge < -0.3 is 14.0 Å². The van der Waals surface area contributed by atoms with Crippen LogP contribution in [0.2, 0.25) is 0 Å². The van der Waals surface area contributed by atoms with Crippen molar-refractivity contribution >= 4 is 5.97 Å². The zero-order valence-electron chi connectivity index (χ0n) is 15.4. The van der Waals surface area contributed by atoms with Crippen LogP contribution < -0.4 is 4.74 Å². The van der Waals surface area contributed by atoms with Crippen LogP contribution in [0.25, 0.3) is 11.4 Å². The van der Waals surface area contributed by atoms with E-state index in [-0.39, 0.29) is 25.4 Å². The molecule has 1 aromatic heterocycles. The van der Waals surface area contributed by atoms with Gasteiger partial charge in [0.15, 0.2) is 0 Å². The summed E-state index contributed by atoms with van der Waals surface area (Å²) in [6.45, 7) is 7.15. The number of ether oxygens (including phenoxy) is 2. The molecule has 0 N–H and O–H groups in total. The summed E-state index contributed by atoms with van der Waals surface area (Å²) in [5.74, 6) is 1.20. The number of aromatic nitrogens is 2. The maximum absolute atomic E-state index is 13.0. The minimum Gasteiger partial charge on any atom is -0.489 e. The van der Waals surface area contributed by atoms with Gasteiger partial charge in [0.25, 0.3) is 0 Å². The van der Waals surface area contributed by atoms with E-state index < -0.39 is 5.60 Å². The average molecular weight is 362 g/mol. The Morgan fingerprint density at radius 1 is 1.23 bits per heavy atom. The van der Waals surface area contributed by atoms with Crippen LogP contribution >= 0.6 is 0 Å². The lowest BCUT2D eigenvalue weighted by molar-refractivity contribution is -0.154. The molecule has 0 fully saturated rings. The van der Waals surface area contributed by atoms with Gasteiger partial charge in [-0.05, 0) is 57.0 Å². The van der Waals surface area contributed by atoms with Gasteiger partial charge in [-0.25, -0.2) is 4.39 Å². The van der Waals surface area contributed by atoms with E-state index in [1.165, 1.54) is 0 Å². The van der Waals surface area contributed by atoms with Crippen molar-refractivity contribution in [1.29, 1.82) is 0 Å². The summed E-state index contributed by atoms with van der Waals surface area (Å²) >= 11 is 0. The number of rotatable bonds is 7. The van der Waals surface area contributed by atoms with Crippen molar-refractivity contribution in [2.24, 2.45) is 0 Å². The van der Waals surface area contributed by atoms with Gasteiger partial charge in [-0.15, -0.1) is 0 Å². The number of nitrogens with zero attached hydrogens (tertiary/aromatic N) is 2. The van der Waals surface area contributed by atoms with Gasteiger partial charge in [-0.3, -0.25) is 4.79 Å². The number of hydrogen-bond acceptors (Lipinski definition) is 6. The van der Waals surface area contributed by atoms with Gasteiger partial charge in [0.05, 0.1) is 6.33 Å². The molecule has 0 bridgehead atoms. The van der Waals surface area contributed by atoms with Crippen molar-refractivity contribution in [3.8, 4) is 17.1 Å². The molecular weight excluding hydrogens is 339 g/mol. The summed E-state index contributed by atoms with van der Waals surface area (Å²) in [5.41, 5.74) is 0.626. The SMILES string of the molecule is Cc1nc(-c2ccc(OC/C(=C/F)CCC(=O)OC(C)(C)C)cc2)no1. The molecule has 2 rings (SSSR count). The number of aryl methyl sites for hydroxylation is 1. The summed E-state index contributed by atoms with van der Waals surface area (Å²) < 4.78 is 28.7. The van der Waals surface area contributed by atoms with Gasteiger partial charge in [-0.1, -0.05) is 5.16 Å². The van der Waals surface area contributed by atoms with Crippen LogP contribution in [0, 0.1) is 6.92 Å². The normalized spacial score (nSPS) is 12.1. The molecule has 0 unspecified atom stereocenters. The van der Waals surface area contributed by atoms with E-state index in [1.54, 1.807) is 52.0 Å². The van der Waals surface area contributed by atoms with Crippen LogP contribution in [0.15, 0.2) is 40.7 Å². The fourth-order valence-electron chi connectivity index (χ4n) is 2.11. The summed E-state index contributed by atoms with van der Waals surface area (Å²) in [6, 6.07) is 7.06. The molecule has 1 heterocycles. The molecule has 0 saturated carbocycles. The van der Waals surface area contributed by atoms with Crippen molar-refractivity contribution in [3.63, 3.8) is 0 Å². The first kappa shape index (κ1) is 19.6. The van der Waals surface area contributed by atoms with Crippen LogP contribution in [0.5, 0.6) is 5.75 Å². The largest absolute Gasteiger partial charge is 0.489 e. The van der Waals surface area contributed by atoms with Gasteiger partial charge in [-0.2, -0.15) is 4.98 Å². The molecule has 0 atom stereocenters. The predicted octanol–water partition coefficient (Wildman–Crippen LogP) is 4.40. The van der Waals surface area contributed by atoms with Gasteiger partial charge in [0, 0.05) is 18.9 Å². The number of halogens is 1. The first-order valence-corrected chi connectivity index (χ1v) is 8.30. The predicted molar refractivity (Wildman–Crippen MR) is 94.2 cm³/mol. The molecule has 0 spiro atoms. The summed E-state index contributed by atoms with van der Waals surface area (Å²) in [4.78, 5) is 15.8. The van der Waals surface area contributed by atoms with Crippen molar-refractivity contribution in [3.05, 3.63) is 42.1 Å². The number of carbonyl (C=O) groups is 1. The van der Waals surface area contributed by atoms with Gasteiger partial charge in [0.2, 0.25) is 11.7 Å². The van der Waals surface area contributed by atoms with E-state index in [0.717, 1.165) is 5.56 Å². The van der Waals surface area contributed by atoms with E-state index in [2.05, 4.69) is 10.1 Å². The van der Waals surface area contributed by atoms with Crippen molar-refractivity contribution in [1.82, 2.24) is 10.1 Å². The fraction of sp³-hybridized carbons (Fsp3) is 0.421. The average Bonchev–Trinajstić information content (AvgIpc) is 3.00. The molecule has 0 radical (unpaired) electrons. The highest BCUT2D eigenvalue weighted by molar-refractivity contribution is 5.70. The lowest BCUT2D eigenvalue weighted by atomic mass is 10.1. The number of benzene rings is 1. The van der Waals surface area contributed by atoms with E-state index >= 15 is 0 Å². The minimum atomic E-state index is -0.549. The third-order valence-electron chi connectivity index (χ3n) is 3.29. The Morgan fingerprint density at radius 3 is 2.46 bits per heavy atom. The Morgan fingerprint density at radius 2 is 1.92 bits per heavy atom. The molecule has 0 aliphatic carbocycles. The van der Waals surface area contributed by atoms with Crippen LogP contribution in [0.4, 0.5) is 4.39 Å². The molecule has 1 aromatic carbocycles. The third-order valence-corrected chi connectivity index (χ3v) is 3.29. The van der Waals surface area contributed by atoms with E-state index in [9.17, 15) is 9.18 Å². The monoisotopic (exact) mass is 362 g/mol. The Kier molecular flexibility index (Phi) is 6.49. The van der Waals surface area contributed by atoms with Crippen molar-refractivity contribution < 1.29 is 23.2 Å². The second-order valence-corrected chi connectivity index (χ2v) is 6.80. The maximum atomic E-state index is 13.0. The second-order valence-electron chi connectivity index (χ2n) is 6.80. The zero-order chi connectivity index (χ0) is 19.2. The molecule has 26 heavy (non-hydrogen) atoms. The number of esters is 1. The zero-order valence-corrected chi connectivity index (χ0v) is 15.4. The third kappa shape index (κ3) is 6.31. The Hall–Kier alpha value is -2.70. The van der Waals surface area contributed by atoms with E-state index in [0.29, 0.717) is 29.4 Å². The Labute approximate surface area is 152 Å². The number of carbonyl (C=O) groups excluding carboxylic acids is 1. The topological polar surface area (TPSA) is 74.5 Å². The molecule has 2 aromatic rings. The standard InChI is InChI=1S/C19H23FN2O4/c1-13-21-18(22-26-13)15-6-8-16(9-7-15)24-12-14(11-20)5-10-17(23)25-19(2,3)4/h6-9,11H,5,10,12H2,1-4H3/b14-11+. The maximum Gasteiger partial charge on any atom is 0.306 e. The highest BCUT2D eigenvalue weighted by Crippen LogP contribution is 2.21.